The Hall–Kier alpha value is -3.74. The summed E-state index contributed by atoms with van der Waals surface area (Å²) in [5, 5.41) is 4.77. The molecule has 0 bridgehead atoms. The van der Waals surface area contributed by atoms with E-state index >= 15 is 0 Å². The predicted octanol–water partition coefficient (Wildman–Crippen LogP) is 5.95. The van der Waals surface area contributed by atoms with Crippen LogP contribution in [0.25, 0.3) is 21.5 Å². The average molecular weight is 328 g/mol. The molecule has 0 aliphatic heterocycles. The molecule has 0 fully saturated rings. The SMILES string of the molecule is C(#Cc1cccc2ccccc12)/C=C\C#Cc1cccc2ccccc12. The maximum atomic E-state index is 3.21. The standard InChI is InChI=1S/C26H16/c1(3-11-21-15-9-17-23-13-5-7-19-25(21)23)2-4-12-22-16-10-18-24-14-6-8-20-26(22)24/h1-2,5-10,13-20H/b2-1-. The van der Waals surface area contributed by atoms with Crippen LogP contribution >= 0.6 is 0 Å². The van der Waals surface area contributed by atoms with E-state index < -0.39 is 0 Å². The van der Waals surface area contributed by atoms with Gasteiger partial charge in [-0.15, -0.1) is 0 Å². The van der Waals surface area contributed by atoms with Crippen LogP contribution in [0.1, 0.15) is 11.1 Å². The maximum absolute atomic E-state index is 3.21. The van der Waals surface area contributed by atoms with Crippen molar-refractivity contribution in [1.29, 1.82) is 0 Å². The molecule has 0 atom stereocenters. The zero-order chi connectivity index (χ0) is 17.6. The summed E-state index contributed by atoms with van der Waals surface area (Å²) < 4.78 is 0. The first-order valence-electron chi connectivity index (χ1n) is 8.55. The van der Waals surface area contributed by atoms with Crippen LogP contribution in [0.2, 0.25) is 0 Å². The zero-order valence-corrected chi connectivity index (χ0v) is 14.2. The summed E-state index contributed by atoms with van der Waals surface area (Å²) in [6.45, 7) is 0. The second kappa shape index (κ2) is 7.43. The van der Waals surface area contributed by atoms with Gasteiger partial charge in [0.1, 0.15) is 0 Å². The maximum Gasteiger partial charge on any atom is 0.0327 e. The van der Waals surface area contributed by atoms with Crippen molar-refractivity contribution in [3.05, 3.63) is 108 Å². The molecule has 4 aromatic carbocycles. The molecule has 4 rings (SSSR count). The molecule has 0 radical (unpaired) electrons. The quantitative estimate of drug-likeness (QED) is 0.350. The lowest BCUT2D eigenvalue weighted by atomic mass is 10.0. The molecule has 0 aliphatic rings. The highest BCUT2D eigenvalue weighted by molar-refractivity contribution is 5.89. The van der Waals surface area contributed by atoms with Gasteiger partial charge in [-0.1, -0.05) is 96.5 Å². The molecule has 0 saturated heterocycles. The van der Waals surface area contributed by atoms with Crippen LogP contribution < -0.4 is 0 Å². The summed E-state index contributed by atoms with van der Waals surface area (Å²) in [5.41, 5.74) is 2.07. The van der Waals surface area contributed by atoms with Crippen molar-refractivity contribution in [3.8, 4) is 23.7 Å². The molecule has 0 N–H and O–H groups in total. The van der Waals surface area contributed by atoms with Crippen LogP contribution in [-0.4, -0.2) is 0 Å². The topological polar surface area (TPSA) is 0 Å². The minimum atomic E-state index is 1.04. The van der Waals surface area contributed by atoms with Crippen molar-refractivity contribution >= 4 is 21.5 Å². The molecule has 0 aliphatic carbocycles. The predicted molar refractivity (Wildman–Crippen MR) is 111 cm³/mol. The van der Waals surface area contributed by atoms with Gasteiger partial charge in [-0.05, 0) is 45.8 Å². The Balaban J connectivity index is 1.56. The second-order valence-corrected chi connectivity index (χ2v) is 5.93. The van der Waals surface area contributed by atoms with E-state index in [0.717, 1.165) is 11.1 Å². The van der Waals surface area contributed by atoms with Gasteiger partial charge in [0.05, 0.1) is 0 Å². The Kier molecular flexibility index (Phi) is 4.51. The van der Waals surface area contributed by atoms with Gasteiger partial charge in [-0.25, -0.2) is 0 Å². The minimum Gasteiger partial charge on any atom is -0.0689 e. The van der Waals surface area contributed by atoms with Gasteiger partial charge in [-0.3, -0.25) is 0 Å². The minimum absolute atomic E-state index is 1.04. The van der Waals surface area contributed by atoms with E-state index in [4.69, 9.17) is 0 Å². The highest BCUT2D eigenvalue weighted by atomic mass is 14.0. The lowest BCUT2D eigenvalue weighted by Crippen LogP contribution is -1.78. The summed E-state index contributed by atoms with van der Waals surface area (Å²) in [5.74, 6) is 12.6. The van der Waals surface area contributed by atoms with Crippen LogP contribution in [0.15, 0.2) is 97.1 Å². The molecular weight excluding hydrogens is 312 g/mol. The van der Waals surface area contributed by atoms with Crippen molar-refractivity contribution in [3.63, 3.8) is 0 Å². The molecule has 0 heteroatoms. The zero-order valence-electron chi connectivity index (χ0n) is 14.2. The Morgan fingerprint density at radius 1 is 0.462 bits per heavy atom. The molecule has 0 spiro atoms. The first kappa shape index (κ1) is 15.8. The number of rotatable bonds is 0. The lowest BCUT2D eigenvalue weighted by molar-refractivity contribution is 1.70. The van der Waals surface area contributed by atoms with Crippen LogP contribution in [0.3, 0.4) is 0 Å². The van der Waals surface area contributed by atoms with Crippen molar-refractivity contribution in [2.45, 2.75) is 0 Å². The third-order valence-corrected chi connectivity index (χ3v) is 4.24. The molecule has 120 valence electrons. The molecule has 0 saturated carbocycles. The van der Waals surface area contributed by atoms with Gasteiger partial charge >= 0.3 is 0 Å². The summed E-state index contributed by atoms with van der Waals surface area (Å²) in [7, 11) is 0. The van der Waals surface area contributed by atoms with E-state index in [2.05, 4.69) is 60.1 Å². The summed E-state index contributed by atoms with van der Waals surface area (Å²) in [4.78, 5) is 0. The third-order valence-electron chi connectivity index (χ3n) is 4.24. The number of hydrogen-bond acceptors (Lipinski definition) is 0. The van der Waals surface area contributed by atoms with Crippen molar-refractivity contribution in [1.82, 2.24) is 0 Å². The Morgan fingerprint density at radius 3 is 1.38 bits per heavy atom. The monoisotopic (exact) mass is 328 g/mol. The summed E-state index contributed by atoms with van der Waals surface area (Å²) >= 11 is 0. The van der Waals surface area contributed by atoms with Crippen LogP contribution in [0.5, 0.6) is 0 Å². The van der Waals surface area contributed by atoms with Gasteiger partial charge in [0.15, 0.2) is 0 Å². The van der Waals surface area contributed by atoms with E-state index in [0.29, 0.717) is 0 Å². The van der Waals surface area contributed by atoms with Crippen LogP contribution in [0.4, 0.5) is 0 Å². The summed E-state index contributed by atoms with van der Waals surface area (Å²) in [6.07, 6.45) is 3.61. The molecule has 0 aromatic heterocycles. The fourth-order valence-corrected chi connectivity index (χ4v) is 2.99. The normalized spacial score (nSPS) is 10.3. The average Bonchev–Trinajstić information content (AvgIpc) is 2.71. The number of hydrogen-bond donors (Lipinski definition) is 0. The third kappa shape index (κ3) is 3.36. The van der Waals surface area contributed by atoms with E-state index in [1.165, 1.54) is 21.5 Å². The number of allylic oxidation sites excluding steroid dienone is 2. The first-order chi connectivity index (χ1) is 12.9. The molecule has 0 heterocycles. The molecule has 0 unspecified atom stereocenters. The molecule has 4 aromatic rings. The van der Waals surface area contributed by atoms with E-state index in [1.54, 1.807) is 12.2 Å². The highest BCUT2D eigenvalue weighted by Crippen LogP contribution is 2.18. The van der Waals surface area contributed by atoms with Gasteiger partial charge < -0.3 is 0 Å². The first-order valence-corrected chi connectivity index (χ1v) is 8.55. The van der Waals surface area contributed by atoms with E-state index in [-0.39, 0.29) is 0 Å². The smallest absolute Gasteiger partial charge is 0.0327 e. The Labute approximate surface area is 153 Å². The van der Waals surface area contributed by atoms with E-state index in [9.17, 15) is 0 Å². The Morgan fingerprint density at radius 2 is 0.885 bits per heavy atom. The van der Waals surface area contributed by atoms with Crippen LogP contribution in [-0.2, 0) is 0 Å². The lowest BCUT2D eigenvalue weighted by Gasteiger charge is -1.98. The Bertz CT molecular complexity index is 1120. The second-order valence-electron chi connectivity index (χ2n) is 5.93. The van der Waals surface area contributed by atoms with E-state index in [1.807, 2.05) is 48.5 Å². The fraction of sp³-hybridized carbons (Fsp3) is 0. The number of benzene rings is 4. The molecule has 0 nitrogen and oxygen atoms in total. The van der Waals surface area contributed by atoms with Crippen molar-refractivity contribution in [2.75, 3.05) is 0 Å². The van der Waals surface area contributed by atoms with Gasteiger partial charge in [0.2, 0.25) is 0 Å². The number of fused-ring (bicyclic) bond motifs is 2. The van der Waals surface area contributed by atoms with Gasteiger partial charge in [0, 0.05) is 11.1 Å². The van der Waals surface area contributed by atoms with Gasteiger partial charge in [-0.2, -0.15) is 0 Å². The summed E-state index contributed by atoms with van der Waals surface area (Å²) in [6, 6.07) is 29.0. The molecular formula is C26H16. The highest BCUT2D eigenvalue weighted by Gasteiger charge is 1.96. The molecule has 26 heavy (non-hydrogen) atoms. The van der Waals surface area contributed by atoms with Crippen LogP contribution in [0, 0.1) is 23.7 Å². The van der Waals surface area contributed by atoms with Crippen molar-refractivity contribution < 1.29 is 0 Å². The fourth-order valence-electron chi connectivity index (χ4n) is 2.99. The largest absolute Gasteiger partial charge is 0.0689 e. The van der Waals surface area contributed by atoms with Gasteiger partial charge in [0.25, 0.3) is 0 Å². The molecule has 0 amide bonds. The van der Waals surface area contributed by atoms with Crippen molar-refractivity contribution in [2.24, 2.45) is 0 Å².